The first kappa shape index (κ1) is 25.0. The predicted molar refractivity (Wildman–Crippen MR) is 163 cm³/mol. The largest absolute Gasteiger partial charge is 0.342 e. The van der Waals surface area contributed by atoms with Crippen molar-refractivity contribution in [2.24, 2.45) is 4.99 Å². The second kappa shape index (κ2) is 10.8. The lowest BCUT2D eigenvalue weighted by atomic mass is 10.1. The molecule has 0 saturated carbocycles. The van der Waals surface area contributed by atoms with Gasteiger partial charge in [0.15, 0.2) is 5.17 Å². The van der Waals surface area contributed by atoms with E-state index in [1.54, 1.807) is 0 Å². The minimum Gasteiger partial charge on any atom is -0.342 e. The van der Waals surface area contributed by atoms with Crippen molar-refractivity contribution in [2.75, 3.05) is 0 Å². The van der Waals surface area contributed by atoms with Gasteiger partial charge in [-0.15, -0.1) is 0 Å². The molecule has 5 heteroatoms. The topological polar surface area (TPSA) is 37.6 Å². The van der Waals surface area contributed by atoms with Crippen molar-refractivity contribution >= 4 is 45.5 Å². The summed E-state index contributed by atoms with van der Waals surface area (Å²) in [5.41, 5.74) is 6.58. The number of aryl methyl sites for hydroxylation is 1. The number of carbonyl (C=O) groups is 1. The molecule has 0 spiro atoms. The number of hydrogen-bond donors (Lipinski definition) is 0. The molecule has 0 radical (unpaired) electrons. The van der Waals surface area contributed by atoms with Crippen LogP contribution in [0.2, 0.25) is 0 Å². The summed E-state index contributed by atoms with van der Waals surface area (Å²) in [6, 6.07) is 36.8. The lowest BCUT2D eigenvalue weighted by molar-refractivity contribution is -0.123. The molecule has 1 saturated heterocycles. The van der Waals surface area contributed by atoms with Gasteiger partial charge >= 0.3 is 0 Å². The van der Waals surface area contributed by atoms with Crippen molar-refractivity contribution in [3.63, 3.8) is 0 Å². The monoisotopic (exact) mass is 527 g/mol. The molecule has 1 aliphatic heterocycles. The van der Waals surface area contributed by atoms with Crippen LogP contribution in [0.4, 0.5) is 5.69 Å². The number of aliphatic imine (C=N–C) groups is 1. The highest BCUT2D eigenvalue weighted by atomic mass is 32.2. The Morgan fingerprint density at radius 3 is 2.36 bits per heavy atom. The van der Waals surface area contributed by atoms with Gasteiger partial charge in [-0.1, -0.05) is 96.6 Å². The minimum absolute atomic E-state index is 0.0263. The third kappa shape index (κ3) is 5.18. The third-order valence-corrected chi connectivity index (χ3v) is 8.01. The Kier molecular flexibility index (Phi) is 6.91. The van der Waals surface area contributed by atoms with Crippen LogP contribution in [0.15, 0.2) is 125 Å². The van der Waals surface area contributed by atoms with Crippen LogP contribution in [-0.4, -0.2) is 20.5 Å². The SMILES string of the molecule is Cc1cccc(Cn2cc(/C=C3/SC(=Nc4ccccc4)N([C@H](C)c4ccccc4)C3=O)c3ccccc32)c1. The summed E-state index contributed by atoms with van der Waals surface area (Å²) in [7, 11) is 0. The summed E-state index contributed by atoms with van der Waals surface area (Å²) in [6.45, 7) is 4.95. The van der Waals surface area contributed by atoms with E-state index >= 15 is 0 Å². The van der Waals surface area contributed by atoms with Crippen LogP contribution in [0.1, 0.15) is 35.2 Å². The van der Waals surface area contributed by atoms with Crippen LogP contribution < -0.4 is 0 Å². The molecule has 0 N–H and O–H groups in total. The number of para-hydroxylation sites is 2. The number of amides is 1. The third-order valence-electron chi connectivity index (χ3n) is 7.03. The van der Waals surface area contributed by atoms with Crippen LogP contribution in [-0.2, 0) is 11.3 Å². The van der Waals surface area contributed by atoms with E-state index in [1.165, 1.54) is 22.9 Å². The van der Waals surface area contributed by atoms with Crippen molar-refractivity contribution in [3.8, 4) is 0 Å². The van der Waals surface area contributed by atoms with Crippen LogP contribution in [0.25, 0.3) is 17.0 Å². The van der Waals surface area contributed by atoms with Gasteiger partial charge in [-0.25, -0.2) is 4.99 Å². The second-order valence-corrected chi connectivity index (χ2v) is 10.8. The number of carbonyl (C=O) groups excluding carboxylic acids is 1. The summed E-state index contributed by atoms with van der Waals surface area (Å²) in [5, 5.41) is 1.82. The molecule has 4 aromatic carbocycles. The van der Waals surface area contributed by atoms with E-state index in [0.717, 1.165) is 34.3 Å². The molecular formula is C34H29N3OS. The Bertz CT molecular complexity index is 1700. The summed E-state index contributed by atoms with van der Waals surface area (Å²) in [4.78, 5) is 21.3. The molecule has 0 aliphatic carbocycles. The van der Waals surface area contributed by atoms with E-state index in [4.69, 9.17) is 4.99 Å². The van der Waals surface area contributed by atoms with E-state index in [9.17, 15) is 4.79 Å². The van der Waals surface area contributed by atoms with Gasteiger partial charge in [0.1, 0.15) is 0 Å². The van der Waals surface area contributed by atoms with Crippen LogP contribution in [0.5, 0.6) is 0 Å². The molecule has 1 aromatic heterocycles. The molecule has 1 fully saturated rings. The molecule has 192 valence electrons. The van der Waals surface area contributed by atoms with Gasteiger partial charge in [0.2, 0.25) is 0 Å². The normalized spacial score (nSPS) is 16.5. The molecular weight excluding hydrogens is 498 g/mol. The lowest BCUT2D eigenvalue weighted by Crippen LogP contribution is -2.32. The summed E-state index contributed by atoms with van der Waals surface area (Å²) in [6.07, 6.45) is 4.19. The number of aromatic nitrogens is 1. The van der Waals surface area contributed by atoms with Crippen LogP contribution >= 0.6 is 11.8 Å². The fourth-order valence-corrected chi connectivity index (χ4v) is 6.13. The highest BCUT2D eigenvalue weighted by Crippen LogP contribution is 2.40. The van der Waals surface area contributed by atoms with Crippen molar-refractivity contribution in [1.82, 2.24) is 9.47 Å². The number of hydrogen-bond acceptors (Lipinski definition) is 3. The number of rotatable bonds is 6. The predicted octanol–water partition coefficient (Wildman–Crippen LogP) is 8.36. The molecule has 2 heterocycles. The Morgan fingerprint density at radius 1 is 0.872 bits per heavy atom. The summed E-state index contributed by atoms with van der Waals surface area (Å²) >= 11 is 1.44. The fraction of sp³-hybridized carbons (Fsp3) is 0.118. The average molecular weight is 528 g/mol. The second-order valence-electron chi connectivity index (χ2n) is 9.82. The Hall–Kier alpha value is -4.35. The van der Waals surface area contributed by atoms with Gasteiger partial charge in [0.05, 0.1) is 16.6 Å². The first-order valence-electron chi connectivity index (χ1n) is 13.1. The molecule has 5 aromatic rings. The average Bonchev–Trinajstić information content (AvgIpc) is 3.46. The zero-order chi connectivity index (χ0) is 26.8. The van der Waals surface area contributed by atoms with Gasteiger partial charge in [-0.3, -0.25) is 9.69 Å². The van der Waals surface area contributed by atoms with E-state index in [2.05, 4.69) is 85.3 Å². The van der Waals surface area contributed by atoms with Crippen molar-refractivity contribution in [1.29, 1.82) is 0 Å². The first-order valence-corrected chi connectivity index (χ1v) is 13.9. The summed E-state index contributed by atoms with van der Waals surface area (Å²) in [5.74, 6) is -0.0263. The Balaban J connectivity index is 1.41. The highest BCUT2D eigenvalue weighted by molar-refractivity contribution is 8.18. The highest BCUT2D eigenvalue weighted by Gasteiger charge is 2.37. The molecule has 1 amide bonds. The minimum atomic E-state index is -0.151. The lowest BCUT2D eigenvalue weighted by Gasteiger charge is -2.24. The number of amidine groups is 1. The molecule has 1 aliphatic rings. The first-order chi connectivity index (χ1) is 19.1. The molecule has 4 nitrogen and oxygen atoms in total. The van der Waals surface area contributed by atoms with Gasteiger partial charge in [-0.05, 0) is 61.0 Å². The Morgan fingerprint density at radius 2 is 1.59 bits per heavy atom. The van der Waals surface area contributed by atoms with E-state index in [0.29, 0.717) is 10.1 Å². The molecule has 0 bridgehead atoms. The van der Waals surface area contributed by atoms with Crippen molar-refractivity contribution in [2.45, 2.75) is 26.4 Å². The van der Waals surface area contributed by atoms with Gasteiger partial charge in [-0.2, -0.15) is 0 Å². The number of benzene rings is 4. The zero-order valence-corrected chi connectivity index (χ0v) is 22.8. The molecule has 1 atom stereocenters. The smallest absolute Gasteiger partial charge is 0.267 e. The molecule has 39 heavy (non-hydrogen) atoms. The van der Waals surface area contributed by atoms with Gasteiger partial charge < -0.3 is 4.57 Å². The zero-order valence-electron chi connectivity index (χ0n) is 22.0. The van der Waals surface area contributed by atoms with E-state index in [-0.39, 0.29) is 11.9 Å². The number of nitrogens with zero attached hydrogens (tertiary/aromatic N) is 3. The maximum atomic E-state index is 13.9. The molecule has 6 rings (SSSR count). The standard InChI is InChI=1S/C34H29N3OS/c1-24-12-11-13-26(20-24)22-36-23-28(30-18-9-10-19-31(30)36)21-32-33(38)37(25(2)27-14-5-3-6-15-27)34(39-32)35-29-16-7-4-8-17-29/h3-21,23,25H,22H2,1-2H3/b32-21+,35-34?/t25-/m1/s1. The van der Waals surface area contributed by atoms with E-state index < -0.39 is 0 Å². The van der Waals surface area contributed by atoms with Crippen molar-refractivity contribution in [3.05, 3.63) is 143 Å². The maximum absolute atomic E-state index is 13.9. The van der Waals surface area contributed by atoms with Crippen LogP contribution in [0, 0.1) is 6.92 Å². The van der Waals surface area contributed by atoms with Gasteiger partial charge in [0.25, 0.3) is 5.91 Å². The number of fused-ring (bicyclic) bond motifs is 1. The maximum Gasteiger partial charge on any atom is 0.267 e. The fourth-order valence-electron chi connectivity index (χ4n) is 5.07. The molecule has 0 unspecified atom stereocenters. The number of thioether (sulfide) groups is 1. The van der Waals surface area contributed by atoms with Crippen molar-refractivity contribution < 1.29 is 4.79 Å². The van der Waals surface area contributed by atoms with Crippen LogP contribution in [0.3, 0.4) is 0 Å². The van der Waals surface area contributed by atoms with Gasteiger partial charge in [0, 0.05) is 29.2 Å². The Labute approximate surface area is 233 Å². The van der Waals surface area contributed by atoms with E-state index in [1.807, 2.05) is 59.5 Å². The summed E-state index contributed by atoms with van der Waals surface area (Å²) < 4.78 is 2.27. The quantitative estimate of drug-likeness (QED) is 0.208.